The molecule has 0 saturated carbocycles. The topological polar surface area (TPSA) is 88.5 Å². The van der Waals surface area contributed by atoms with Crippen LogP contribution in [0.15, 0.2) is 123 Å². The van der Waals surface area contributed by atoms with E-state index >= 15 is 0 Å². The zero-order valence-electron chi connectivity index (χ0n) is 19.7. The number of benzene rings is 4. The van der Waals surface area contributed by atoms with Gasteiger partial charge in [-0.3, -0.25) is 0 Å². The number of azo groups is 1. The third kappa shape index (κ3) is 4.67. The summed E-state index contributed by atoms with van der Waals surface area (Å²) in [6, 6.07) is 32.7. The minimum atomic E-state index is 0.266. The smallest absolute Gasteiger partial charge is 0.326 e. The maximum absolute atomic E-state index is 6.11. The van der Waals surface area contributed by atoms with Gasteiger partial charge in [0.15, 0.2) is 5.58 Å². The van der Waals surface area contributed by atoms with Gasteiger partial charge in [0.2, 0.25) is 11.0 Å². The van der Waals surface area contributed by atoms with Crippen molar-refractivity contribution >= 4 is 55.3 Å². The minimum Gasteiger partial charge on any atom is -0.496 e. The summed E-state index contributed by atoms with van der Waals surface area (Å²) in [4.78, 5) is 9.48. The number of fused-ring (bicyclic) bond motifs is 2. The molecule has 0 fully saturated rings. The molecule has 180 valence electrons. The molecule has 37 heavy (non-hydrogen) atoms. The van der Waals surface area contributed by atoms with Gasteiger partial charge in [-0.25, -0.2) is 4.98 Å². The fraction of sp³-hybridized carbons (Fsp3) is 0.0357. The Morgan fingerprint density at radius 2 is 1.54 bits per heavy atom. The Hall–Kier alpha value is -4.89. The first-order valence-corrected chi connectivity index (χ1v) is 12.3. The van der Waals surface area contributed by atoms with E-state index in [-0.39, 0.29) is 6.01 Å². The van der Waals surface area contributed by atoms with Crippen LogP contribution in [0.5, 0.6) is 5.75 Å². The van der Waals surface area contributed by atoms with Gasteiger partial charge in [0.25, 0.3) is 0 Å². The molecule has 0 saturated heterocycles. The molecule has 2 aromatic heterocycles. The van der Waals surface area contributed by atoms with Crippen LogP contribution >= 0.6 is 11.3 Å². The van der Waals surface area contributed by atoms with Crippen LogP contribution in [0.2, 0.25) is 0 Å². The molecular formula is C28H20N6O2S. The number of nitrogens with zero attached hydrogens (tertiary/aromatic N) is 6. The average Bonchev–Trinajstić information content (AvgIpc) is 3.58. The zero-order chi connectivity index (χ0) is 25.0. The fourth-order valence-corrected chi connectivity index (χ4v) is 4.63. The lowest BCUT2D eigenvalue weighted by molar-refractivity contribution is 0.414. The number of ether oxygens (including phenoxy) is 1. The number of aromatic nitrogens is 2. The summed E-state index contributed by atoms with van der Waals surface area (Å²) in [5, 5.41) is 16.0. The number of oxazole rings is 1. The van der Waals surface area contributed by atoms with E-state index in [4.69, 9.17) is 19.2 Å². The van der Waals surface area contributed by atoms with Crippen molar-refractivity contribution in [3.8, 4) is 5.75 Å². The van der Waals surface area contributed by atoms with Crippen LogP contribution in [0.1, 0.15) is 5.56 Å². The lowest BCUT2D eigenvalue weighted by atomic mass is 10.2. The quantitative estimate of drug-likeness (QED) is 0.100. The van der Waals surface area contributed by atoms with Crippen molar-refractivity contribution in [2.45, 2.75) is 0 Å². The van der Waals surface area contributed by atoms with Gasteiger partial charge in [0.1, 0.15) is 11.3 Å². The van der Waals surface area contributed by atoms with Crippen LogP contribution in [-0.4, -0.2) is 22.9 Å². The van der Waals surface area contributed by atoms with Gasteiger partial charge in [-0.05, 0) is 48.5 Å². The van der Waals surface area contributed by atoms with E-state index < -0.39 is 0 Å². The second-order valence-corrected chi connectivity index (χ2v) is 8.91. The number of rotatable bonds is 6. The third-order valence-electron chi connectivity index (χ3n) is 5.49. The number of hydrazone groups is 1. The zero-order valence-corrected chi connectivity index (χ0v) is 20.5. The molecule has 8 nitrogen and oxygen atoms in total. The normalized spacial score (nSPS) is 12.0. The maximum atomic E-state index is 6.11. The molecule has 0 N–H and O–H groups in total. The van der Waals surface area contributed by atoms with Crippen LogP contribution in [0, 0.1) is 0 Å². The highest BCUT2D eigenvalue weighted by atomic mass is 32.1. The fourth-order valence-electron chi connectivity index (χ4n) is 3.72. The summed E-state index contributed by atoms with van der Waals surface area (Å²) in [5.41, 5.74) is 3.56. The van der Waals surface area contributed by atoms with Gasteiger partial charge >= 0.3 is 6.01 Å². The third-order valence-corrected chi connectivity index (χ3v) is 6.50. The molecule has 0 aliphatic carbocycles. The molecule has 0 spiro atoms. The van der Waals surface area contributed by atoms with Gasteiger partial charge < -0.3 is 9.15 Å². The predicted octanol–water partition coefficient (Wildman–Crippen LogP) is 7.73. The number of hydrogen-bond donors (Lipinski definition) is 0. The standard InChI is InChI=1S/C28H20N6O2S/c1-35-23-16-8-5-13-20(23)26(32-31-19-11-3-2-4-12-19)33-34(27-29-21-14-6-9-17-24(21)36-27)28-30-22-15-7-10-18-25(22)37-28/h2-18H,1H3. The summed E-state index contributed by atoms with van der Waals surface area (Å²) >= 11 is 1.48. The summed E-state index contributed by atoms with van der Waals surface area (Å²) in [5.74, 6) is 0.915. The van der Waals surface area contributed by atoms with Crippen LogP contribution < -0.4 is 9.75 Å². The SMILES string of the molecule is COc1ccccc1C(N=Nc1ccccc1)=NN(c1nc2ccccc2o1)c1nc2ccccc2s1. The van der Waals surface area contributed by atoms with Crippen LogP contribution in [0.3, 0.4) is 0 Å². The molecule has 2 heterocycles. The minimum absolute atomic E-state index is 0.266. The number of methoxy groups -OCH3 is 1. The lowest BCUT2D eigenvalue weighted by Crippen LogP contribution is -2.14. The maximum Gasteiger partial charge on any atom is 0.326 e. The number of para-hydroxylation sites is 4. The molecule has 4 aromatic carbocycles. The van der Waals surface area contributed by atoms with Crippen LogP contribution in [0.4, 0.5) is 16.8 Å². The molecule has 0 radical (unpaired) electrons. The first-order valence-electron chi connectivity index (χ1n) is 11.5. The highest BCUT2D eigenvalue weighted by Crippen LogP contribution is 2.35. The molecule has 6 rings (SSSR count). The van der Waals surface area contributed by atoms with E-state index in [2.05, 4.69) is 15.2 Å². The highest BCUT2D eigenvalue weighted by Gasteiger charge is 2.22. The molecule has 6 aromatic rings. The van der Waals surface area contributed by atoms with Gasteiger partial charge in [0, 0.05) is 0 Å². The number of hydrogen-bond acceptors (Lipinski definition) is 8. The first-order chi connectivity index (χ1) is 18.3. The number of anilines is 2. The van der Waals surface area contributed by atoms with E-state index in [1.165, 1.54) is 11.3 Å². The molecule has 9 heteroatoms. The van der Waals surface area contributed by atoms with Gasteiger partial charge in [-0.1, -0.05) is 65.9 Å². The predicted molar refractivity (Wildman–Crippen MR) is 146 cm³/mol. The van der Waals surface area contributed by atoms with E-state index in [1.54, 1.807) is 12.1 Å². The van der Waals surface area contributed by atoms with Crippen molar-refractivity contribution in [2.75, 3.05) is 12.1 Å². The summed E-state index contributed by atoms with van der Waals surface area (Å²) < 4.78 is 12.7. The van der Waals surface area contributed by atoms with Crippen LogP contribution in [-0.2, 0) is 0 Å². The van der Waals surface area contributed by atoms with Crippen molar-refractivity contribution in [2.24, 2.45) is 15.3 Å². The van der Waals surface area contributed by atoms with Crippen molar-refractivity contribution in [3.05, 3.63) is 109 Å². The highest BCUT2D eigenvalue weighted by molar-refractivity contribution is 7.22. The number of thiazole rings is 1. The number of amidine groups is 1. The summed E-state index contributed by atoms with van der Waals surface area (Å²) in [6.07, 6.45) is 0. The Bertz CT molecular complexity index is 1600. The Morgan fingerprint density at radius 1 is 0.811 bits per heavy atom. The van der Waals surface area contributed by atoms with Gasteiger partial charge in [-0.2, -0.15) is 9.99 Å². The Kier molecular flexibility index (Phi) is 6.10. The van der Waals surface area contributed by atoms with Crippen LogP contribution in [0.25, 0.3) is 21.3 Å². The molecule has 0 amide bonds. The molecule has 0 aliphatic rings. The largest absolute Gasteiger partial charge is 0.496 e. The summed E-state index contributed by atoms with van der Waals surface area (Å²) in [7, 11) is 1.61. The first kappa shape index (κ1) is 22.6. The van der Waals surface area contributed by atoms with E-state index in [9.17, 15) is 0 Å². The van der Waals surface area contributed by atoms with Crippen molar-refractivity contribution in [1.82, 2.24) is 9.97 Å². The molecule has 0 unspecified atom stereocenters. The Balaban J connectivity index is 1.55. The Morgan fingerprint density at radius 3 is 2.35 bits per heavy atom. The molecule has 0 bridgehead atoms. The van der Waals surface area contributed by atoms with E-state index in [1.807, 2.05) is 103 Å². The lowest BCUT2D eigenvalue weighted by Gasteiger charge is -2.13. The van der Waals surface area contributed by atoms with Gasteiger partial charge in [0.05, 0.1) is 28.6 Å². The Labute approximate surface area is 216 Å². The summed E-state index contributed by atoms with van der Waals surface area (Å²) in [6.45, 7) is 0. The van der Waals surface area contributed by atoms with E-state index in [0.717, 1.165) is 10.2 Å². The second-order valence-electron chi connectivity index (χ2n) is 7.90. The van der Waals surface area contributed by atoms with Gasteiger partial charge in [-0.15, -0.1) is 15.3 Å². The van der Waals surface area contributed by atoms with Crippen molar-refractivity contribution in [3.63, 3.8) is 0 Å². The van der Waals surface area contributed by atoms with E-state index in [0.29, 0.717) is 39.1 Å². The second kappa shape index (κ2) is 10.00. The average molecular weight is 505 g/mol. The monoisotopic (exact) mass is 504 g/mol. The molecular weight excluding hydrogens is 484 g/mol. The van der Waals surface area contributed by atoms with Crippen molar-refractivity contribution < 1.29 is 9.15 Å². The molecule has 0 aliphatic heterocycles. The van der Waals surface area contributed by atoms with Crippen molar-refractivity contribution in [1.29, 1.82) is 0 Å². The molecule has 0 atom stereocenters.